The van der Waals surface area contributed by atoms with E-state index in [0.29, 0.717) is 0 Å². The minimum absolute atomic E-state index is 0.761. The van der Waals surface area contributed by atoms with Crippen LogP contribution in [0.1, 0.15) is 17.5 Å². The van der Waals surface area contributed by atoms with Crippen molar-refractivity contribution in [2.75, 3.05) is 26.7 Å². The van der Waals surface area contributed by atoms with Gasteiger partial charge in [0.25, 0.3) is 0 Å². The lowest BCUT2D eigenvalue weighted by molar-refractivity contribution is 0.557. The van der Waals surface area contributed by atoms with Crippen LogP contribution in [0.4, 0.5) is 0 Å². The van der Waals surface area contributed by atoms with Gasteiger partial charge < -0.3 is 10.6 Å². The van der Waals surface area contributed by atoms with Gasteiger partial charge in [-0.2, -0.15) is 0 Å². The number of nitrogens with zero attached hydrogens (tertiary/aromatic N) is 2. The van der Waals surface area contributed by atoms with Crippen LogP contribution >= 0.6 is 0 Å². The average Bonchev–Trinajstić information content (AvgIpc) is 2.74. The van der Waals surface area contributed by atoms with E-state index in [9.17, 15) is 0 Å². The molecule has 0 saturated carbocycles. The molecule has 86 valence electrons. The summed E-state index contributed by atoms with van der Waals surface area (Å²) in [6.07, 6.45) is 2.12. The van der Waals surface area contributed by atoms with Gasteiger partial charge in [-0.25, -0.2) is 0 Å². The number of aryl methyl sites for hydroxylation is 1. The second kappa shape index (κ2) is 5.12. The first-order valence-corrected chi connectivity index (χ1v) is 5.86. The average molecular weight is 217 g/mol. The van der Waals surface area contributed by atoms with Crippen molar-refractivity contribution in [3.63, 3.8) is 0 Å². The molecule has 0 saturated heterocycles. The van der Waals surface area contributed by atoms with Crippen LogP contribution < -0.4 is 5.73 Å². The molecule has 1 aliphatic rings. The fourth-order valence-corrected chi connectivity index (χ4v) is 1.97. The summed E-state index contributed by atoms with van der Waals surface area (Å²) in [6, 6.07) is 8.68. The molecule has 2 rings (SSSR count). The monoisotopic (exact) mass is 217 g/mol. The van der Waals surface area contributed by atoms with Crippen molar-refractivity contribution in [3.8, 4) is 0 Å². The van der Waals surface area contributed by atoms with E-state index in [1.807, 2.05) is 0 Å². The summed E-state index contributed by atoms with van der Waals surface area (Å²) in [6.45, 7) is 2.71. The highest BCUT2D eigenvalue weighted by atomic mass is 15.2. The molecule has 0 aromatic heterocycles. The zero-order valence-electron chi connectivity index (χ0n) is 9.82. The molecule has 16 heavy (non-hydrogen) atoms. The molecule has 0 fully saturated rings. The van der Waals surface area contributed by atoms with Crippen LogP contribution in [0.15, 0.2) is 29.3 Å². The summed E-state index contributed by atoms with van der Waals surface area (Å²) in [5.41, 5.74) is 8.07. The van der Waals surface area contributed by atoms with Crippen LogP contribution in [-0.4, -0.2) is 37.4 Å². The number of aliphatic imine (C=N–C) groups is 1. The molecule has 1 heterocycles. The van der Waals surface area contributed by atoms with Crippen molar-refractivity contribution in [2.45, 2.75) is 12.8 Å². The second-order valence-corrected chi connectivity index (χ2v) is 4.22. The summed E-state index contributed by atoms with van der Waals surface area (Å²) in [4.78, 5) is 6.70. The molecule has 0 aliphatic carbocycles. The van der Waals surface area contributed by atoms with Crippen LogP contribution in [0.25, 0.3) is 0 Å². The Hall–Kier alpha value is -1.35. The molecule has 0 radical (unpaired) electrons. The fraction of sp³-hybridized carbons (Fsp3) is 0.462. The minimum atomic E-state index is 0.761. The largest absolute Gasteiger partial charge is 0.358 e. The van der Waals surface area contributed by atoms with E-state index >= 15 is 0 Å². The van der Waals surface area contributed by atoms with E-state index in [1.54, 1.807) is 0 Å². The summed E-state index contributed by atoms with van der Waals surface area (Å²) in [5.74, 6) is 1.12. The van der Waals surface area contributed by atoms with Crippen LogP contribution in [0.3, 0.4) is 0 Å². The van der Waals surface area contributed by atoms with Crippen LogP contribution in [0.2, 0.25) is 0 Å². The molecule has 0 amide bonds. The minimum Gasteiger partial charge on any atom is -0.358 e. The molecular formula is C13H19N3. The third kappa shape index (κ3) is 2.42. The third-order valence-corrected chi connectivity index (χ3v) is 2.94. The maximum Gasteiger partial charge on any atom is 0.130 e. The first-order valence-electron chi connectivity index (χ1n) is 5.86. The zero-order valence-corrected chi connectivity index (χ0v) is 9.82. The Balaban J connectivity index is 2.07. The first-order chi connectivity index (χ1) is 7.81. The van der Waals surface area contributed by atoms with Gasteiger partial charge in [0, 0.05) is 19.2 Å². The Morgan fingerprint density at radius 3 is 2.62 bits per heavy atom. The molecular weight excluding hydrogens is 198 g/mol. The van der Waals surface area contributed by atoms with Gasteiger partial charge in [0.05, 0.1) is 6.54 Å². The lowest BCUT2D eigenvalue weighted by Gasteiger charge is -2.13. The van der Waals surface area contributed by atoms with Crippen LogP contribution in [-0.2, 0) is 6.42 Å². The van der Waals surface area contributed by atoms with E-state index in [-0.39, 0.29) is 0 Å². The predicted molar refractivity (Wildman–Crippen MR) is 67.9 cm³/mol. The summed E-state index contributed by atoms with van der Waals surface area (Å²) >= 11 is 0. The molecule has 0 unspecified atom stereocenters. The molecule has 0 spiro atoms. The highest BCUT2D eigenvalue weighted by molar-refractivity contribution is 5.99. The van der Waals surface area contributed by atoms with Gasteiger partial charge >= 0.3 is 0 Å². The topological polar surface area (TPSA) is 41.6 Å². The van der Waals surface area contributed by atoms with Crippen molar-refractivity contribution in [1.29, 1.82) is 0 Å². The highest BCUT2D eigenvalue weighted by Crippen LogP contribution is 2.12. The standard InChI is InChI=1S/C13H19N3/c1-16-10-9-15-13(16)12-6-4-11(5-7-12)3-2-8-14/h4-7H,2-3,8-10,14H2,1H3. The second-order valence-electron chi connectivity index (χ2n) is 4.22. The molecule has 1 aromatic carbocycles. The fourth-order valence-electron chi connectivity index (χ4n) is 1.97. The number of amidine groups is 1. The number of benzene rings is 1. The van der Waals surface area contributed by atoms with Crippen molar-refractivity contribution in [2.24, 2.45) is 10.7 Å². The Labute approximate surface area is 97.0 Å². The van der Waals surface area contributed by atoms with Gasteiger partial charge in [-0.1, -0.05) is 24.3 Å². The van der Waals surface area contributed by atoms with Gasteiger partial charge in [0.2, 0.25) is 0 Å². The van der Waals surface area contributed by atoms with E-state index in [0.717, 1.165) is 38.3 Å². The number of nitrogens with two attached hydrogens (primary N) is 1. The van der Waals surface area contributed by atoms with Gasteiger partial charge in [0.15, 0.2) is 0 Å². The van der Waals surface area contributed by atoms with Crippen molar-refractivity contribution >= 4 is 5.84 Å². The van der Waals surface area contributed by atoms with Gasteiger partial charge in [-0.3, -0.25) is 4.99 Å². The first kappa shape index (κ1) is 11.1. The van der Waals surface area contributed by atoms with E-state index in [1.165, 1.54) is 11.1 Å². The third-order valence-electron chi connectivity index (χ3n) is 2.94. The molecule has 1 aliphatic heterocycles. The summed E-state index contributed by atoms with van der Waals surface area (Å²) in [7, 11) is 2.09. The molecule has 0 atom stereocenters. The van der Waals surface area contributed by atoms with Crippen molar-refractivity contribution < 1.29 is 0 Å². The lowest BCUT2D eigenvalue weighted by atomic mass is 10.1. The molecule has 3 nitrogen and oxygen atoms in total. The van der Waals surface area contributed by atoms with Gasteiger partial charge in [-0.05, 0) is 24.9 Å². The highest BCUT2D eigenvalue weighted by Gasteiger charge is 2.13. The van der Waals surface area contributed by atoms with Crippen LogP contribution in [0.5, 0.6) is 0 Å². The van der Waals surface area contributed by atoms with E-state index in [2.05, 4.69) is 41.2 Å². The van der Waals surface area contributed by atoms with Crippen LogP contribution in [0, 0.1) is 0 Å². The zero-order chi connectivity index (χ0) is 11.4. The lowest BCUT2D eigenvalue weighted by Crippen LogP contribution is -2.23. The number of hydrogen-bond acceptors (Lipinski definition) is 3. The van der Waals surface area contributed by atoms with E-state index < -0.39 is 0 Å². The quantitative estimate of drug-likeness (QED) is 0.825. The van der Waals surface area contributed by atoms with E-state index in [4.69, 9.17) is 5.73 Å². The molecule has 0 bridgehead atoms. The Morgan fingerprint density at radius 2 is 2.06 bits per heavy atom. The van der Waals surface area contributed by atoms with Crippen molar-refractivity contribution in [1.82, 2.24) is 4.90 Å². The number of likely N-dealkylation sites (N-methyl/N-ethyl adjacent to an activating group) is 1. The molecule has 1 aromatic rings. The van der Waals surface area contributed by atoms with Crippen molar-refractivity contribution in [3.05, 3.63) is 35.4 Å². The number of hydrogen-bond donors (Lipinski definition) is 1. The number of rotatable bonds is 4. The maximum absolute atomic E-state index is 5.50. The SMILES string of the molecule is CN1CCN=C1c1ccc(CCCN)cc1. The Morgan fingerprint density at radius 1 is 1.31 bits per heavy atom. The molecule has 3 heteroatoms. The maximum atomic E-state index is 5.50. The normalized spacial score (nSPS) is 15.4. The van der Waals surface area contributed by atoms with Gasteiger partial charge in [0.1, 0.15) is 5.84 Å². The molecule has 2 N–H and O–H groups in total. The smallest absolute Gasteiger partial charge is 0.130 e. The summed E-state index contributed by atoms with van der Waals surface area (Å²) < 4.78 is 0. The van der Waals surface area contributed by atoms with Gasteiger partial charge in [-0.15, -0.1) is 0 Å². The summed E-state index contributed by atoms with van der Waals surface area (Å²) in [5, 5.41) is 0. The Kier molecular flexibility index (Phi) is 3.57. The Bertz CT molecular complexity index is 367. The predicted octanol–water partition coefficient (Wildman–Crippen LogP) is 1.27.